The Balaban J connectivity index is 1.83. The van der Waals surface area contributed by atoms with Gasteiger partial charge >= 0.3 is 5.97 Å². The van der Waals surface area contributed by atoms with E-state index in [9.17, 15) is 4.79 Å². The van der Waals surface area contributed by atoms with Crippen molar-refractivity contribution in [1.82, 2.24) is 14.5 Å². The Bertz CT molecular complexity index is 604. The summed E-state index contributed by atoms with van der Waals surface area (Å²) in [6.45, 7) is 7.06. The molecule has 0 aliphatic rings. The van der Waals surface area contributed by atoms with Crippen molar-refractivity contribution in [3.63, 3.8) is 0 Å². The van der Waals surface area contributed by atoms with Crippen molar-refractivity contribution in [3.05, 3.63) is 24.8 Å². The van der Waals surface area contributed by atoms with Crippen LogP contribution in [0.3, 0.4) is 0 Å². The highest BCUT2D eigenvalue weighted by Crippen LogP contribution is 2.25. The Kier molecular flexibility index (Phi) is 4.94. The number of carbonyl (C=O) groups excluding carboxylic acids is 1. The molecule has 5 heteroatoms. The molecule has 0 spiro atoms. The number of unbranched alkanes of at least 4 members (excludes halogenated alkanes) is 1. The van der Waals surface area contributed by atoms with Crippen molar-refractivity contribution >= 4 is 17.0 Å². The van der Waals surface area contributed by atoms with E-state index in [0.29, 0.717) is 6.61 Å². The normalized spacial score (nSPS) is 11.8. The predicted octanol–water partition coefficient (Wildman–Crippen LogP) is 3.19. The number of aryl methyl sites for hydroxylation is 1. The van der Waals surface area contributed by atoms with Gasteiger partial charge in [-0.3, -0.25) is 9.78 Å². The summed E-state index contributed by atoms with van der Waals surface area (Å²) in [7, 11) is 0. The van der Waals surface area contributed by atoms with Crippen molar-refractivity contribution in [1.29, 1.82) is 0 Å². The maximum Gasteiger partial charge on any atom is 0.311 e. The summed E-state index contributed by atoms with van der Waals surface area (Å²) in [5.41, 5.74) is 1.62. The van der Waals surface area contributed by atoms with Gasteiger partial charge in [0.15, 0.2) is 0 Å². The van der Waals surface area contributed by atoms with Gasteiger partial charge in [0.05, 0.1) is 35.6 Å². The zero-order chi connectivity index (χ0) is 15.3. The first kappa shape index (κ1) is 15.5. The lowest BCUT2D eigenvalue weighted by Crippen LogP contribution is -2.26. The molecule has 0 aromatic carbocycles. The highest BCUT2D eigenvalue weighted by Gasteiger charge is 2.28. The van der Waals surface area contributed by atoms with Crippen LogP contribution in [0.2, 0.25) is 0 Å². The topological polar surface area (TPSA) is 57.0 Å². The molecule has 0 atom stereocenters. The van der Waals surface area contributed by atoms with Gasteiger partial charge in [-0.15, -0.1) is 0 Å². The molecule has 0 aliphatic heterocycles. The third-order valence-corrected chi connectivity index (χ3v) is 3.70. The maximum absolute atomic E-state index is 11.8. The summed E-state index contributed by atoms with van der Waals surface area (Å²) >= 11 is 0. The highest BCUT2D eigenvalue weighted by atomic mass is 16.5. The maximum atomic E-state index is 11.8. The van der Waals surface area contributed by atoms with E-state index in [1.165, 1.54) is 0 Å². The fraction of sp³-hybridized carbons (Fsp3) is 0.562. The number of esters is 1. The first-order valence-electron chi connectivity index (χ1n) is 7.46. The van der Waals surface area contributed by atoms with E-state index in [1.807, 2.05) is 39.4 Å². The second-order valence-electron chi connectivity index (χ2n) is 5.86. The number of fused-ring (bicyclic) bond motifs is 1. The first-order valence-corrected chi connectivity index (χ1v) is 7.46. The van der Waals surface area contributed by atoms with E-state index in [4.69, 9.17) is 4.74 Å². The lowest BCUT2D eigenvalue weighted by atomic mass is 9.87. The monoisotopic (exact) mass is 289 g/mol. The van der Waals surface area contributed by atoms with Crippen LogP contribution in [0, 0.1) is 5.41 Å². The SMILES string of the molecule is CCOC(=O)C(C)(C)CCCCn1cnc2ccncc21. The minimum absolute atomic E-state index is 0.109. The first-order chi connectivity index (χ1) is 10.0. The van der Waals surface area contributed by atoms with Gasteiger partial charge in [0.1, 0.15) is 0 Å². The number of carbonyl (C=O) groups is 1. The molecular formula is C16H23N3O2. The molecule has 0 aliphatic carbocycles. The van der Waals surface area contributed by atoms with Crippen LogP contribution in [0.15, 0.2) is 24.8 Å². The molecule has 0 bridgehead atoms. The Labute approximate surface area is 125 Å². The van der Waals surface area contributed by atoms with Crippen LogP contribution in [-0.2, 0) is 16.1 Å². The number of pyridine rings is 1. The Hall–Kier alpha value is -1.91. The summed E-state index contributed by atoms with van der Waals surface area (Å²) in [4.78, 5) is 20.3. The molecule has 2 heterocycles. The fourth-order valence-corrected chi connectivity index (χ4v) is 2.36. The fourth-order valence-electron chi connectivity index (χ4n) is 2.36. The van der Waals surface area contributed by atoms with Crippen molar-refractivity contribution in [2.75, 3.05) is 6.61 Å². The summed E-state index contributed by atoms with van der Waals surface area (Å²) < 4.78 is 7.22. The van der Waals surface area contributed by atoms with Gasteiger partial charge in [-0.1, -0.05) is 6.42 Å². The largest absolute Gasteiger partial charge is 0.466 e. The minimum Gasteiger partial charge on any atom is -0.466 e. The third-order valence-electron chi connectivity index (χ3n) is 3.70. The molecule has 2 aromatic rings. The molecule has 0 fully saturated rings. The van der Waals surface area contributed by atoms with E-state index in [1.54, 1.807) is 6.20 Å². The average molecular weight is 289 g/mol. The Morgan fingerprint density at radius 3 is 2.95 bits per heavy atom. The zero-order valence-electron chi connectivity index (χ0n) is 13.0. The number of ether oxygens (including phenoxy) is 1. The minimum atomic E-state index is -0.408. The number of nitrogens with zero attached hydrogens (tertiary/aromatic N) is 3. The van der Waals surface area contributed by atoms with Crippen LogP contribution in [0.25, 0.3) is 11.0 Å². The molecular weight excluding hydrogens is 266 g/mol. The molecule has 0 radical (unpaired) electrons. The lowest BCUT2D eigenvalue weighted by Gasteiger charge is -2.22. The van der Waals surface area contributed by atoms with Gasteiger partial charge in [0.25, 0.3) is 0 Å². The lowest BCUT2D eigenvalue weighted by molar-refractivity contribution is -0.153. The smallest absolute Gasteiger partial charge is 0.311 e. The molecule has 2 rings (SSSR count). The van der Waals surface area contributed by atoms with Crippen molar-refractivity contribution in [2.45, 2.75) is 46.6 Å². The summed E-state index contributed by atoms with van der Waals surface area (Å²) in [6, 6.07) is 1.91. The van der Waals surface area contributed by atoms with Crippen molar-refractivity contribution in [2.24, 2.45) is 5.41 Å². The molecule has 0 amide bonds. The van der Waals surface area contributed by atoms with Gasteiger partial charge < -0.3 is 9.30 Å². The number of hydrogen-bond acceptors (Lipinski definition) is 4. The van der Waals surface area contributed by atoms with Gasteiger partial charge in [0.2, 0.25) is 0 Å². The van der Waals surface area contributed by atoms with Crippen LogP contribution in [0.1, 0.15) is 40.0 Å². The van der Waals surface area contributed by atoms with Crippen LogP contribution < -0.4 is 0 Å². The Morgan fingerprint density at radius 1 is 1.38 bits per heavy atom. The van der Waals surface area contributed by atoms with Gasteiger partial charge in [-0.05, 0) is 39.7 Å². The van der Waals surface area contributed by atoms with Crippen molar-refractivity contribution in [3.8, 4) is 0 Å². The van der Waals surface area contributed by atoms with Crippen molar-refractivity contribution < 1.29 is 9.53 Å². The van der Waals surface area contributed by atoms with E-state index >= 15 is 0 Å². The third kappa shape index (κ3) is 3.80. The van der Waals surface area contributed by atoms with Crippen LogP contribution in [0.5, 0.6) is 0 Å². The second-order valence-corrected chi connectivity index (χ2v) is 5.86. The quantitative estimate of drug-likeness (QED) is 0.580. The van der Waals surface area contributed by atoms with Crippen LogP contribution in [-0.4, -0.2) is 27.1 Å². The van der Waals surface area contributed by atoms with Gasteiger partial charge in [-0.25, -0.2) is 4.98 Å². The van der Waals surface area contributed by atoms with Gasteiger partial charge in [-0.2, -0.15) is 0 Å². The molecule has 5 nitrogen and oxygen atoms in total. The molecule has 114 valence electrons. The predicted molar refractivity (Wildman–Crippen MR) is 81.8 cm³/mol. The van der Waals surface area contributed by atoms with Gasteiger partial charge in [0, 0.05) is 12.7 Å². The summed E-state index contributed by atoms with van der Waals surface area (Å²) in [5.74, 6) is -0.109. The highest BCUT2D eigenvalue weighted by molar-refractivity contribution is 5.75. The van der Waals surface area contributed by atoms with E-state index < -0.39 is 5.41 Å². The number of rotatable bonds is 7. The molecule has 0 saturated carbocycles. The second kappa shape index (κ2) is 6.70. The standard InChI is InChI=1S/C16H23N3O2/c1-4-21-15(20)16(2,3)8-5-6-10-19-12-18-13-7-9-17-11-14(13)19/h7,9,11-12H,4-6,8,10H2,1-3H3. The van der Waals surface area contributed by atoms with E-state index in [2.05, 4.69) is 14.5 Å². The molecule has 21 heavy (non-hydrogen) atoms. The number of imidazole rings is 1. The molecule has 0 unspecified atom stereocenters. The molecule has 0 saturated heterocycles. The molecule has 0 N–H and O–H groups in total. The average Bonchev–Trinajstić information content (AvgIpc) is 2.87. The van der Waals surface area contributed by atoms with E-state index in [0.717, 1.165) is 36.8 Å². The zero-order valence-corrected chi connectivity index (χ0v) is 13.0. The Morgan fingerprint density at radius 2 is 2.19 bits per heavy atom. The van der Waals surface area contributed by atoms with Crippen LogP contribution in [0.4, 0.5) is 0 Å². The van der Waals surface area contributed by atoms with E-state index in [-0.39, 0.29) is 5.97 Å². The molecule has 2 aromatic heterocycles. The number of hydrogen-bond donors (Lipinski definition) is 0. The summed E-state index contributed by atoms with van der Waals surface area (Å²) in [5, 5.41) is 0. The van der Waals surface area contributed by atoms with Crippen LogP contribution >= 0.6 is 0 Å². The summed E-state index contributed by atoms with van der Waals surface area (Å²) in [6.07, 6.45) is 8.25. The number of aromatic nitrogens is 3.